The third-order valence-corrected chi connectivity index (χ3v) is 6.17. The number of aryl methyl sites for hydroxylation is 1. The second-order valence-electron chi connectivity index (χ2n) is 7.58. The monoisotopic (exact) mass is 371 g/mol. The predicted molar refractivity (Wildman–Crippen MR) is 102 cm³/mol. The number of nitrogens with zero attached hydrogens (tertiary/aromatic N) is 3. The minimum Gasteiger partial charge on any atom is -0.379 e. The second-order valence-corrected chi connectivity index (χ2v) is 8.55. The summed E-state index contributed by atoms with van der Waals surface area (Å²) in [5, 5.41) is 0. The number of hydrogen-bond acceptors (Lipinski definition) is 5. The Kier molecular flexibility index (Phi) is 5.07. The van der Waals surface area contributed by atoms with Crippen molar-refractivity contribution in [2.24, 2.45) is 5.41 Å². The number of carbonyl (C=O) groups excluding carboxylic acids is 1. The zero-order valence-corrected chi connectivity index (χ0v) is 16.0. The van der Waals surface area contributed by atoms with Crippen LogP contribution in [-0.2, 0) is 22.6 Å². The fourth-order valence-corrected chi connectivity index (χ4v) is 4.69. The highest BCUT2D eigenvalue weighted by Crippen LogP contribution is 2.35. The highest BCUT2D eigenvalue weighted by molar-refractivity contribution is 7.09. The summed E-state index contributed by atoms with van der Waals surface area (Å²) in [6.45, 7) is 7.75. The molecule has 1 atom stereocenters. The Morgan fingerprint density at radius 1 is 1.27 bits per heavy atom. The third-order valence-electron chi connectivity index (χ3n) is 5.41. The fraction of sp³-hybridized carbons (Fsp3) is 0.500. The summed E-state index contributed by atoms with van der Waals surface area (Å²) in [6, 6.07) is 8.54. The minimum atomic E-state index is -0.0963. The van der Waals surface area contributed by atoms with E-state index in [0.29, 0.717) is 19.6 Å². The molecule has 2 saturated heterocycles. The van der Waals surface area contributed by atoms with Crippen LogP contribution in [0, 0.1) is 12.3 Å². The molecule has 0 unspecified atom stereocenters. The molecule has 0 aliphatic carbocycles. The van der Waals surface area contributed by atoms with Crippen molar-refractivity contribution in [2.45, 2.75) is 26.4 Å². The maximum atomic E-state index is 12.6. The van der Waals surface area contributed by atoms with Gasteiger partial charge >= 0.3 is 0 Å². The van der Waals surface area contributed by atoms with E-state index < -0.39 is 0 Å². The van der Waals surface area contributed by atoms with Gasteiger partial charge in [-0.05, 0) is 18.1 Å². The van der Waals surface area contributed by atoms with Crippen molar-refractivity contribution >= 4 is 17.2 Å². The van der Waals surface area contributed by atoms with E-state index in [2.05, 4.69) is 41.1 Å². The standard InChI is InChI=1S/C20H25N3O2S/c1-16-4-2-3-5-17(16)10-22-6-7-25-14-20(12-22)8-19(24)23(13-20)11-18-9-21-15-26-18/h2-5,9,15H,6-8,10-14H2,1H3/t20-/m0/s1. The number of rotatable bonds is 4. The Hall–Kier alpha value is -1.76. The van der Waals surface area contributed by atoms with E-state index in [1.54, 1.807) is 11.3 Å². The van der Waals surface area contributed by atoms with Crippen LogP contribution in [0.5, 0.6) is 0 Å². The number of benzene rings is 1. The van der Waals surface area contributed by atoms with Gasteiger partial charge in [0.15, 0.2) is 0 Å². The Balaban J connectivity index is 1.47. The van der Waals surface area contributed by atoms with Gasteiger partial charge in [0, 0.05) is 49.1 Å². The van der Waals surface area contributed by atoms with Gasteiger partial charge in [0.2, 0.25) is 5.91 Å². The van der Waals surface area contributed by atoms with Crippen LogP contribution in [0.1, 0.15) is 22.4 Å². The molecule has 5 nitrogen and oxygen atoms in total. The number of thiazole rings is 1. The first-order valence-electron chi connectivity index (χ1n) is 9.13. The van der Waals surface area contributed by atoms with E-state index in [0.717, 1.165) is 37.7 Å². The normalized spacial score (nSPS) is 24.3. The lowest BCUT2D eigenvalue weighted by atomic mass is 9.87. The molecule has 0 radical (unpaired) electrons. The number of likely N-dealkylation sites (tertiary alicyclic amines) is 1. The third kappa shape index (κ3) is 3.82. The molecule has 1 aromatic heterocycles. The molecule has 1 aromatic carbocycles. The van der Waals surface area contributed by atoms with Crippen molar-refractivity contribution < 1.29 is 9.53 Å². The van der Waals surface area contributed by atoms with Crippen LogP contribution in [-0.4, -0.2) is 53.5 Å². The van der Waals surface area contributed by atoms with Crippen LogP contribution in [0.4, 0.5) is 0 Å². The SMILES string of the molecule is Cc1ccccc1CN1CCOC[C@@]2(CC(=O)N(Cc3cncs3)C2)C1. The summed E-state index contributed by atoms with van der Waals surface area (Å²) >= 11 is 1.61. The average molecular weight is 372 g/mol. The summed E-state index contributed by atoms with van der Waals surface area (Å²) in [5.41, 5.74) is 4.40. The van der Waals surface area contributed by atoms with Crippen LogP contribution in [0.2, 0.25) is 0 Å². The Bertz CT molecular complexity index is 764. The number of aromatic nitrogens is 1. The van der Waals surface area contributed by atoms with Crippen LogP contribution in [0.3, 0.4) is 0 Å². The molecule has 0 N–H and O–H groups in total. The van der Waals surface area contributed by atoms with E-state index in [1.165, 1.54) is 11.1 Å². The van der Waals surface area contributed by atoms with E-state index in [9.17, 15) is 4.79 Å². The van der Waals surface area contributed by atoms with Gasteiger partial charge in [-0.3, -0.25) is 14.7 Å². The molecule has 2 fully saturated rings. The van der Waals surface area contributed by atoms with Crippen LogP contribution < -0.4 is 0 Å². The molecule has 138 valence electrons. The number of carbonyl (C=O) groups is 1. The Morgan fingerprint density at radius 2 is 2.15 bits per heavy atom. The van der Waals surface area contributed by atoms with Crippen molar-refractivity contribution in [3.8, 4) is 0 Å². The van der Waals surface area contributed by atoms with Crippen LogP contribution >= 0.6 is 11.3 Å². The first-order chi connectivity index (χ1) is 12.6. The zero-order valence-electron chi connectivity index (χ0n) is 15.2. The van der Waals surface area contributed by atoms with Gasteiger partial charge in [-0.2, -0.15) is 0 Å². The van der Waals surface area contributed by atoms with Gasteiger partial charge in [-0.15, -0.1) is 11.3 Å². The van der Waals surface area contributed by atoms with Crippen molar-refractivity contribution in [1.29, 1.82) is 0 Å². The summed E-state index contributed by atoms with van der Waals surface area (Å²) in [4.78, 5) is 22.3. The lowest BCUT2D eigenvalue weighted by Crippen LogP contribution is -2.40. The molecule has 1 spiro atoms. The van der Waals surface area contributed by atoms with E-state index >= 15 is 0 Å². The predicted octanol–water partition coefficient (Wildman–Crippen LogP) is 2.70. The van der Waals surface area contributed by atoms with Crippen molar-refractivity contribution in [1.82, 2.24) is 14.8 Å². The molecule has 6 heteroatoms. The van der Waals surface area contributed by atoms with Crippen LogP contribution in [0.25, 0.3) is 0 Å². The first kappa shape index (κ1) is 17.6. The molecule has 4 rings (SSSR count). The number of ether oxygens (including phenoxy) is 1. The molecule has 2 aliphatic rings. The average Bonchev–Trinajstić information content (AvgIpc) is 3.17. The summed E-state index contributed by atoms with van der Waals surface area (Å²) in [6.07, 6.45) is 2.44. The maximum Gasteiger partial charge on any atom is 0.223 e. The van der Waals surface area contributed by atoms with E-state index in [1.807, 2.05) is 16.6 Å². The van der Waals surface area contributed by atoms with Crippen molar-refractivity contribution in [2.75, 3.05) is 32.8 Å². The van der Waals surface area contributed by atoms with Gasteiger partial charge in [0.05, 0.1) is 25.3 Å². The number of hydrogen-bond donors (Lipinski definition) is 0. The van der Waals surface area contributed by atoms with Gasteiger partial charge in [-0.1, -0.05) is 24.3 Å². The molecule has 2 aromatic rings. The highest BCUT2D eigenvalue weighted by atomic mass is 32.1. The van der Waals surface area contributed by atoms with Gasteiger partial charge in [0.1, 0.15) is 0 Å². The second kappa shape index (κ2) is 7.47. The quantitative estimate of drug-likeness (QED) is 0.829. The fourth-order valence-electron chi connectivity index (χ4n) is 4.08. The molecule has 3 heterocycles. The highest BCUT2D eigenvalue weighted by Gasteiger charge is 2.45. The summed E-state index contributed by atoms with van der Waals surface area (Å²) < 4.78 is 5.93. The Morgan fingerprint density at radius 3 is 2.96 bits per heavy atom. The molecule has 0 saturated carbocycles. The summed E-state index contributed by atoms with van der Waals surface area (Å²) in [7, 11) is 0. The Labute approximate surface area is 158 Å². The maximum absolute atomic E-state index is 12.6. The zero-order chi connectivity index (χ0) is 18.0. The minimum absolute atomic E-state index is 0.0963. The number of amides is 1. The van der Waals surface area contributed by atoms with Crippen molar-refractivity contribution in [3.63, 3.8) is 0 Å². The molecule has 0 bridgehead atoms. The van der Waals surface area contributed by atoms with Crippen LogP contribution in [0.15, 0.2) is 36.0 Å². The largest absolute Gasteiger partial charge is 0.379 e. The molecule has 2 aliphatic heterocycles. The first-order valence-corrected chi connectivity index (χ1v) is 10.0. The molecule has 1 amide bonds. The van der Waals surface area contributed by atoms with E-state index in [4.69, 9.17) is 4.74 Å². The molecular weight excluding hydrogens is 346 g/mol. The van der Waals surface area contributed by atoms with E-state index in [-0.39, 0.29) is 11.3 Å². The van der Waals surface area contributed by atoms with Gasteiger partial charge in [-0.25, -0.2) is 0 Å². The lowest BCUT2D eigenvalue weighted by molar-refractivity contribution is -0.128. The van der Waals surface area contributed by atoms with Crippen molar-refractivity contribution in [3.05, 3.63) is 52.0 Å². The molecular formula is C20H25N3O2S. The van der Waals surface area contributed by atoms with Gasteiger partial charge < -0.3 is 9.64 Å². The van der Waals surface area contributed by atoms with Gasteiger partial charge in [0.25, 0.3) is 0 Å². The lowest BCUT2D eigenvalue weighted by Gasteiger charge is -2.31. The molecule has 26 heavy (non-hydrogen) atoms. The smallest absolute Gasteiger partial charge is 0.223 e. The topological polar surface area (TPSA) is 45.7 Å². The summed E-state index contributed by atoms with van der Waals surface area (Å²) in [5.74, 6) is 0.236.